The van der Waals surface area contributed by atoms with Gasteiger partial charge in [-0.3, -0.25) is 9.59 Å². The molecule has 162 valence electrons. The van der Waals surface area contributed by atoms with Crippen molar-refractivity contribution in [1.29, 1.82) is 0 Å². The summed E-state index contributed by atoms with van der Waals surface area (Å²) in [6, 6.07) is 8.18. The number of aromatic nitrogens is 3. The number of ether oxygens (including phenoxy) is 1. The van der Waals surface area contributed by atoms with Gasteiger partial charge in [-0.25, -0.2) is 9.78 Å². The minimum Gasteiger partial charge on any atom is -0.462 e. The summed E-state index contributed by atoms with van der Waals surface area (Å²) in [5, 5.41) is 7.99. The van der Waals surface area contributed by atoms with Crippen LogP contribution >= 0.6 is 11.3 Å². The number of benzene rings is 1. The number of carbonyl (C=O) groups is 2. The average molecular weight is 442 g/mol. The van der Waals surface area contributed by atoms with Crippen LogP contribution in [0.25, 0.3) is 4.96 Å². The first kappa shape index (κ1) is 21.0. The molecule has 10 heteroatoms. The van der Waals surface area contributed by atoms with Gasteiger partial charge in [-0.2, -0.15) is 4.52 Å². The van der Waals surface area contributed by atoms with Crippen LogP contribution in [0.1, 0.15) is 35.8 Å². The van der Waals surface area contributed by atoms with E-state index in [2.05, 4.69) is 15.4 Å². The molecule has 1 N–H and O–H groups in total. The Morgan fingerprint density at radius 2 is 2.16 bits per heavy atom. The van der Waals surface area contributed by atoms with Crippen LogP contribution < -0.4 is 15.8 Å². The van der Waals surface area contributed by atoms with Gasteiger partial charge in [0.1, 0.15) is 0 Å². The molecule has 9 nitrogen and oxygen atoms in total. The van der Waals surface area contributed by atoms with Crippen molar-refractivity contribution in [1.82, 2.24) is 14.6 Å². The van der Waals surface area contributed by atoms with Crippen LogP contribution in [0.15, 0.2) is 35.1 Å². The fraction of sp³-hybridized carbons (Fsp3) is 0.381. The number of nitrogens with one attached hydrogen (secondary N) is 1. The van der Waals surface area contributed by atoms with Gasteiger partial charge in [0.05, 0.1) is 18.1 Å². The maximum absolute atomic E-state index is 12.9. The fourth-order valence-electron chi connectivity index (χ4n) is 3.59. The number of rotatable bonds is 5. The Bertz CT molecular complexity index is 1190. The summed E-state index contributed by atoms with van der Waals surface area (Å²) in [4.78, 5) is 43.9. The van der Waals surface area contributed by atoms with Gasteiger partial charge < -0.3 is 15.0 Å². The van der Waals surface area contributed by atoms with E-state index in [-0.39, 0.29) is 17.4 Å². The lowest BCUT2D eigenvalue weighted by Gasteiger charge is -2.31. The Balaban J connectivity index is 1.47. The summed E-state index contributed by atoms with van der Waals surface area (Å²) in [5.74, 6) is -0.770. The highest BCUT2D eigenvalue weighted by Crippen LogP contribution is 2.27. The molecule has 2 aromatic heterocycles. The van der Waals surface area contributed by atoms with Crippen LogP contribution in [-0.2, 0) is 9.53 Å². The van der Waals surface area contributed by atoms with E-state index in [0.717, 1.165) is 19.4 Å². The summed E-state index contributed by atoms with van der Waals surface area (Å²) in [6.45, 7) is 5.07. The molecule has 3 aromatic rings. The Labute approximate surface area is 182 Å². The van der Waals surface area contributed by atoms with Crippen LogP contribution in [0, 0.1) is 12.8 Å². The van der Waals surface area contributed by atoms with E-state index in [1.807, 2.05) is 4.90 Å². The van der Waals surface area contributed by atoms with Gasteiger partial charge in [-0.1, -0.05) is 17.4 Å². The highest BCUT2D eigenvalue weighted by molar-refractivity contribution is 7.20. The molecule has 1 aliphatic rings. The number of aryl methyl sites for hydroxylation is 1. The second-order valence-corrected chi connectivity index (χ2v) is 8.32. The molecule has 0 unspecified atom stereocenters. The molecule has 0 aliphatic carbocycles. The third kappa shape index (κ3) is 4.58. The molecule has 0 saturated carbocycles. The normalized spacial score (nSPS) is 16.3. The average Bonchev–Trinajstić information content (AvgIpc) is 3.19. The van der Waals surface area contributed by atoms with E-state index in [4.69, 9.17) is 4.74 Å². The van der Waals surface area contributed by atoms with Gasteiger partial charge in [-0.15, -0.1) is 5.10 Å². The van der Waals surface area contributed by atoms with Gasteiger partial charge in [0.2, 0.25) is 16.0 Å². The SMILES string of the molecule is CCOC(=O)c1cccc(NC(=O)[C@@H]2CCCN(c3nn4c(=O)cc(C)nc4s3)C2)c1. The number of hydrogen-bond donors (Lipinski definition) is 1. The maximum Gasteiger partial charge on any atom is 0.338 e. The minimum absolute atomic E-state index is 0.113. The molecule has 0 bridgehead atoms. The first-order valence-corrected chi connectivity index (χ1v) is 11.0. The molecule has 1 fully saturated rings. The lowest BCUT2D eigenvalue weighted by molar-refractivity contribution is -0.120. The molecule has 1 saturated heterocycles. The van der Waals surface area contributed by atoms with Crippen molar-refractivity contribution in [2.45, 2.75) is 26.7 Å². The number of nitrogens with zero attached hydrogens (tertiary/aromatic N) is 4. The van der Waals surface area contributed by atoms with E-state index < -0.39 is 5.97 Å². The van der Waals surface area contributed by atoms with E-state index in [1.165, 1.54) is 21.9 Å². The van der Waals surface area contributed by atoms with Crippen LogP contribution in [0.2, 0.25) is 0 Å². The lowest BCUT2D eigenvalue weighted by Crippen LogP contribution is -2.40. The van der Waals surface area contributed by atoms with Crippen molar-refractivity contribution in [3.63, 3.8) is 0 Å². The van der Waals surface area contributed by atoms with E-state index in [0.29, 0.717) is 40.2 Å². The largest absolute Gasteiger partial charge is 0.462 e. The maximum atomic E-state index is 12.9. The molecule has 4 rings (SSSR count). The second-order valence-electron chi connectivity index (χ2n) is 7.39. The molecule has 31 heavy (non-hydrogen) atoms. The summed E-state index contributed by atoms with van der Waals surface area (Å²) < 4.78 is 6.32. The minimum atomic E-state index is -0.419. The van der Waals surface area contributed by atoms with Gasteiger partial charge in [0.15, 0.2) is 0 Å². The molecule has 0 radical (unpaired) electrons. The molecule has 3 heterocycles. The topological polar surface area (TPSA) is 106 Å². The number of anilines is 2. The molecule has 1 amide bonds. The number of esters is 1. The Morgan fingerprint density at radius 3 is 2.97 bits per heavy atom. The fourth-order valence-corrected chi connectivity index (χ4v) is 4.57. The Hall–Kier alpha value is -3.27. The second kappa shape index (κ2) is 8.84. The van der Waals surface area contributed by atoms with Gasteiger partial charge in [0.25, 0.3) is 5.56 Å². The Kier molecular flexibility index (Phi) is 5.99. The van der Waals surface area contributed by atoms with Gasteiger partial charge in [0, 0.05) is 30.5 Å². The van der Waals surface area contributed by atoms with Crippen molar-refractivity contribution in [2.75, 3.05) is 29.9 Å². The predicted octanol–water partition coefficient (Wildman–Crippen LogP) is 2.49. The van der Waals surface area contributed by atoms with Crippen LogP contribution in [-0.4, -0.2) is 46.2 Å². The van der Waals surface area contributed by atoms with Gasteiger partial charge >= 0.3 is 5.97 Å². The molecule has 1 aromatic carbocycles. The summed E-state index contributed by atoms with van der Waals surface area (Å²) in [5.41, 5.74) is 1.39. The van der Waals surface area contributed by atoms with Crippen molar-refractivity contribution in [3.8, 4) is 0 Å². The molecule has 0 spiro atoms. The molecule has 1 atom stereocenters. The zero-order valence-electron chi connectivity index (χ0n) is 17.3. The Morgan fingerprint density at radius 1 is 1.32 bits per heavy atom. The van der Waals surface area contributed by atoms with E-state index in [1.54, 1.807) is 38.1 Å². The van der Waals surface area contributed by atoms with Gasteiger partial charge in [-0.05, 0) is 44.9 Å². The third-order valence-corrected chi connectivity index (χ3v) is 6.04. The number of piperidine rings is 1. The van der Waals surface area contributed by atoms with Crippen LogP contribution in [0.4, 0.5) is 10.8 Å². The summed E-state index contributed by atoms with van der Waals surface area (Å²) >= 11 is 1.34. The number of amides is 1. The standard InChI is InChI=1S/C21H23N5O4S/c1-3-30-19(29)14-6-4-8-16(11-14)23-18(28)15-7-5-9-25(12-15)21-24-26-17(27)10-13(2)22-20(26)31-21/h4,6,8,10-11,15H,3,5,7,9,12H2,1-2H3,(H,23,28)/t15-/m1/s1. The predicted molar refractivity (Wildman–Crippen MR) is 118 cm³/mol. The monoisotopic (exact) mass is 441 g/mol. The zero-order valence-corrected chi connectivity index (χ0v) is 18.1. The zero-order chi connectivity index (χ0) is 22.0. The number of hydrogen-bond acceptors (Lipinski definition) is 8. The van der Waals surface area contributed by atoms with E-state index >= 15 is 0 Å². The van der Waals surface area contributed by atoms with Crippen molar-refractivity contribution in [3.05, 3.63) is 51.9 Å². The summed E-state index contributed by atoms with van der Waals surface area (Å²) in [6.07, 6.45) is 1.58. The van der Waals surface area contributed by atoms with E-state index in [9.17, 15) is 14.4 Å². The van der Waals surface area contributed by atoms with Crippen molar-refractivity contribution < 1.29 is 14.3 Å². The van der Waals surface area contributed by atoms with Crippen LogP contribution in [0.5, 0.6) is 0 Å². The smallest absolute Gasteiger partial charge is 0.338 e. The highest BCUT2D eigenvalue weighted by atomic mass is 32.1. The third-order valence-electron chi connectivity index (χ3n) is 5.07. The lowest BCUT2D eigenvalue weighted by atomic mass is 9.97. The molecular weight excluding hydrogens is 418 g/mol. The highest BCUT2D eigenvalue weighted by Gasteiger charge is 2.28. The first-order chi connectivity index (χ1) is 14.9. The van der Waals surface area contributed by atoms with Crippen LogP contribution in [0.3, 0.4) is 0 Å². The molecular formula is C21H23N5O4S. The van der Waals surface area contributed by atoms with Crippen molar-refractivity contribution >= 4 is 39.0 Å². The molecule has 1 aliphatic heterocycles. The number of fused-ring (bicyclic) bond motifs is 1. The first-order valence-electron chi connectivity index (χ1n) is 10.1. The quantitative estimate of drug-likeness (QED) is 0.606. The summed E-state index contributed by atoms with van der Waals surface area (Å²) in [7, 11) is 0. The van der Waals surface area contributed by atoms with Crippen molar-refractivity contribution in [2.24, 2.45) is 5.92 Å². The number of carbonyl (C=O) groups excluding carboxylic acids is 2.